The highest BCUT2D eigenvalue weighted by molar-refractivity contribution is 7.89. The van der Waals surface area contributed by atoms with Crippen LogP contribution in [0.2, 0.25) is 5.02 Å². The van der Waals surface area contributed by atoms with Gasteiger partial charge >= 0.3 is 0 Å². The molecule has 20 heavy (non-hydrogen) atoms. The number of nitrogens with two attached hydrogens (primary N) is 1. The zero-order valence-electron chi connectivity index (χ0n) is 11.2. The van der Waals surface area contributed by atoms with Gasteiger partial charge < -0.3 is 5.73 Å². The van der Waals surface area contributed by atoms with Crippen molar-refractivity contribution in [3.8, 4) is 0 Å². The molecule has 0 bridgehead atoms. The van der Waals surface area contributed by atoms with Gasteiger partial charge in [0.1, 0.15) is 10.7 Å². The summed E-state index contributed by atoms with van der Waals surface area (Å²) in [7, 11) is -3.81. The zero-order valence-corrected chi connectivity index (χ0v) is 12.8. The lowest BCUT2D eigenvalue weighted by Gasteiger charge is -2.28. The first-order valence-corrected chi connectivity index (χ1v) is 8.35. The summed E-state index contributed by atoms with van der Waals surface area (Å²) in [5, 5.41) is -0.120. The van der Waals surface area contributed by atoms with E-state index in [9.17, 15) is 12.8 Å². The third-order valence-electron chi connectivity index (χ3n) is 3.80. The number of hydrogen-bond donors (Lipinski definition) is 2. The molecule has 1 aliphatic carbocycles. The Morgan fingerprint density at radius 2 is 2.00 bits per heavy atom. The third kappa shape index (κ3) is 2.98. The largest absolute Gasteiger partial charge is 0.329 e. The van der Waals surface area contributed by atoms with Gasteiger partial charge in [-0.05, 0) is 37.5 Å². The van der Waals surface area contributed by atoms with E-state index in [2.05, 4.69) is 4.72 Å². The number of benzene rings is 1. The average Bonchev–Trinajstić information content (AvgIpc) is 2.82. The average molecular weight is 321 g/mol. The van der Waals surface area contributed by atoms with E-state index < -0.39 is 21.4 Å². The first-order valence-electron chi connectivity index (χ1n) is 6.49. The standard InChI is InChI=1S/C13H18ClFN2O2S/c1-9-6-12(10(14)7-11(9)15)20(18,19)17-13(8-16)4-2-3-5-13/h6-7,17H,2-5,8,16H2,1H3. The molecule has 0 saturated heterocycles. The molecular formula is C13H18ClFN2O2S. The number of hydrogen-bond acceptors (Lipinski definition) is 3. The molecule has 0 spiro atoms. The van der Waals surface area contributed by atoms with E-state index >= 15 is 0 Å². The second kappa shape index (κ2) is 5.60. The first kappa shape index (κ1) is 15.7. The Labute approximate surface area is 123 Å². The van der Waals surface area contributed by atoms with Crippen molar-refractivity contribution >= 4 is 21.6 Å². The van der Waals surface area contributed by atoms with Gasteiger partial charge in [0, 0.05) is 12.1 Å². The highest BCUT2D eigenvalue weighted by Gasteiger charge is 2.37. The highest BCUT2D eigenvalue weighted by Crippen LogP contribution is 2.32. The van der Waals surface area contributed by atoms with Crippen molar-refractivity contribution in [2.24, 2.45) is 5.73 Å². The van der Waals surface area contributed by atoms with Gasteiger partial charge in [0.2, 0.25) is 10.0 Å². The predicted octanol–water partition coefficient (Wildman–Crippen LogP) is 2.34. The molecule has 1 aliphatic rings. The number of rotatable bonds is 4. The van der Waals surface area contributed by atoms with Crippen LogP contribution in [-0.4, -0.2) is 20.5 Å². The lowest BCUT2D eigenvalue weighted by molar-refractivity contribution is 0.399. The van der Waals surface area contributed by atoms with E-state index in [1.165, 1.54) is 13.0 Å². The fourth-order valence-electron chi connectivity index (χ4n) is 2.58. The molecule has 1 aromatic rings. The Bertz CT molecular complexity index is 613. The molecule has 1 fully saturated rings. The molecule has 112 valence electrons. The van der Waals surface area contributed by atoms with Gasteiger partial charge in [0.15, 0.2) is 0 Å². The summed E-state index contributed by atoms with van der Waals surface area (Å²) in [4.78, 5) is -0.0993. The van der Waals surface area contributed by atoms with E-state index in [1.807, 2.05) is 0 Å². The fraction of sp³-hybridized carbons (Fsp3) is 0.538. The van der Waals surface area contributed by atoms with Crippen LogP contribution in [0, 0.1) is 12.7 Å². The molecule has 3 N–H and O–H groups in total. The molecule has 0 heterocycles. The number of aryl methyl sites for hydroxylation is 1. The minimum absolute atomic E-state index is 0.0993. The summed E-state index contributed by atoms with van der Waals surface area (Å²) in [5.74, 6) is -0.525. The summed E-state index contributed by atoms with van der Waals surface area (Å²) in [5.41, 5.74) is 5.36. The number of sulfonamides is 1. The van der Waals surface area contributed by atoms with Crippen LogP contribution in [0.25, 0.3) is 0 Å². The van der Waals surface area contributed by atoms with Gasteiger partial charge in [-0.15, -0.1) is 0 Å². The topological polar surface area (TPSA) is 72.2 Å². The van der Waals surface area contributed by atoms with E-state index in [0.29, 0.717) is 12.8 Å². The highest BCUT2D eigenvalue weighted by atomic mass is 35.5. The lowest BCUT2D eigenvalue weighted by Crippen LogP contribution is -2.51. The normalized spacial score (nSPS) is 18.4. The second-order valence-corrected chi connectivity index (χ2v) is 7.39. The van der Waals surface area contributed by atoms with Gasteiger partial charge in [-0.2, -0.15) is 0 Å². The molecule has 1 saturated carbocycles. The number of nitrogens with one attached hydrogen (secondary N) is 1. The summed E-state index contributed by atoms with van der Waals surface area (Å²) in [6, 6.07) is 2.27. The fourth-order valence-corrected chi connectivity index (χ4v) is 4.65. The monoisotopic (exact) mass is 320 g/mol. The quantitative estimate of drug-likeness (QED) is 0.894. The molecule has 7 heteroatoms. The Balaban J connectivity index is 2.38. The zero-order chi connectivity index (χ0) is 15.0. The molecule has 0 amide bonds. The minimum atomic E-state index is -3.81. The Morgan fingerprint density at radius 3 is 2.55 bits per heavy atom. The van der Waals surface area contributed by atoms with Crippen LogP contribution in [0.15, 0.2) is 17.0 Å². The van der Waals surface area contributed by atoms with Crippen molar-refractivity contribution in [2.45, 2.75) is 43.0 Å². The van der Waals surface area contributed by atoms with Crippen LogP contribution < -0.4 is 10.5 Å². The van der Waals surface area contributed by atoms with Crippen LogP contribution in [-0.2, 0) is 10.0 Å². The summed E-state index contributed by atoms with van der Waals surface area (Å²) in [6.07, 6.45) is 3.30. The van der Waals surface area contributed by atoms with Crippen molar-refractivity contribution in [1.82, 2.24) is 4.72 Å². The van der Waals surface area contributed by atoms with Crippen LogP contribution in [0.1, 0.15) is 31.2 Å². The molecule has 0 radical (unpaired) electrons. The molecule has 0 aromatic heterocycles. The molecule has 1 aromatic carbocycles. The number of halogens is 2. The van der Waals surface area contributed by atoms with E-state index in [0.717, 1.165) is 18.9 Å². The van der Waals surface area contributed by atoms with Crippen molar-refractivity contribution in [1.29, 1.82) is 0 Å². The van der Waals surface area contributed by atoms with Gasteiger partial charge in [-0.1, -0.05) is 24.4 Å². The van der Waals surface area contributed by atoms with E-state index in [1.54, 1.807) is 0 Å². The molecule has 0 unspecified atom stereocenters. The van der Waals surface area contributed by atoms with E-state index in [4.69, 9.17) is 17.3 Å². The molecule has 0 atom stereocenters. The van der Waals surface area contributed by atoms with Crippen LogP contribution in [0.5, 0.6) is 0 Å². The summed E-state index contributed by atoms with van der Waals surface area (Å²) >= 11 is 5.87. The first-order chi connectivity index (χ1) is 9.30. The lowest BCUT2D eigenvalue weighted by atomic mass is 10.0. The third-order valence-corrected chi connectivity index (χ3v) is 5.85. The SMILES string of the molecule is Cc1cc(S(=O)(=O)NC2(CN)CCCC2)c(Cl)cc1F. The van der Waals surface area contributed by atoms with Crippen molar-refractivity contribution < 1.29 is 12.8 Å². The minimum Gasteiger partial charge on any atom is -0.329 e. The van der Waals surface area contributed by atoms with Crippen molar-refractivity contribution in [2.75, 3.05) is 6.54 Å². The maximum Gasteiger partial charge on any atom is 0.242 e. The predicted molar refractivity (Wildman–Crippen MR) is 76.7 cm³/mol. The van der Waals surface area contributed by atoms with Crippen molar-refractivity contribution in [3.05, 3.63) is 28.5 Å². The van der Waals surface area contributed by atoms with E-state index in [-0.39, 0.29) is 22.0 Å². The van der Waals surface area contributed by atoms with Crippen LogP contribution in [0.4, 0.5) is 4.39 Å². The Kier molecular flexibility index (Phi) is 4.39. The maximum absolute atomic E-state index is 13.4. The molecule has 0 aliphatic heterocycles. The van der Waals surface area contributed by atoms with Gasteiger partial charge in [0.25, 0.3) is 0 Å². The van der Waals surface area contributed by atoms with Crippen LogP contribution >= 0.6 is 11.6 Å². The van der Waals surface area contributed by atoms with Gasteiger partial charge in [-0.25, -0.2) is 17.5 Å². The second-order valence-electron chi connectivity index (χ2n) is 5.33. The molecule has 2 rings (SSSR count). The summed E-state index contributed by atoms with van der Waals surface area (Å²) in [6.45, 7) is 1.74. The Hall–Kier alpha value is -0.690. The van der Waals surface area contributed by atoms with Crippen LogP contribution in [0.3, 0.4) is 0 Å². The smallest absolute Gasteiger partial charge is 0.242 e. The maximum atomic E-state index is 13.4. The molecular weight excluding hydrogens is 303 g/mol. The molecule has 4 nitrogen and oxygen atoms in total. The van der Waals surface area contributed by atoms with Crippen molar-refractivity contribution in [3.63, 3.8) is 0 Å². The van der Waals surface area contributed by atoms with Gasteiger partial charge in [0.05, 0.1) is 5.02 Å². The Morgan fingerprint density at radius 1 is 1.40 bits per heavy atom. The van der Waals surface area contributed by atoms with Gasteiger partial charge in [-0.3, -0.25) is 0 Å². The summed E-state index contributed by atoms with van der Waals surface area (Å²) < 4.78 is 41.0.